The third kappa shape index (κ3) is 2.24. The summed E-state index contributed by atoms with van der Waals surface area (Å²) >= 11 is 0. The monoisotopic (exact) mass is 232 g/mol. The van der Waals surface area contributed by atoms with Gasteiger partial charge >= 0.3 is 0 Å². The zero-order valence-corrected chi connectivity index (χ0v) is 11.5. The number of hydrogen-bond acceptors (Lipinski definition) is 2. The lowest BCUT2D eigenvalue weighted by atomic mass is 9.88. The summed E-state index contributed by atoms with van der Waals surface area (Å²) in [6.07, 6.45) is 2.53. The quantitative estimate of drug-likeness (QED) is 0.864. The van der Waals surface area contributed by atoms with Crippen LogP contribution in [-0.2, 0) is 0 Å². The Bertz CT molecular complexity index is 405. The lowest BCUT2D eigenvalue weighted by Crippen LogP contribution is -2.33. The van der Waals surface area contributed by atoms with E-state index < -0.39 is 0 Å². The molecule has 0 radical (unpaired) electrons. The smallest absolute Gasteiger partial charge is 0.0410 e. The van der Waals surface area contributed by atoms with Crippen molar-refractivity contribution in [3.63, 3.8) is 0 Å². The lowest BCUT2D eigenvalue weighted by molar-refractivity contribution is 0.198. The van der Waals surface area contributed by atoms with Gasteiger partial charge in [0, 0.05) is 11.5 Å². The van der Waals surface area contributed by atoms with Gasteiger partial charge in [0.25, 0.3) is 0 Å². The fourth-order valence-electron chi connectivity index (χ4n) is 2.88. The summed E-state index contributed by atoms with van der Waals surface area (Å²) in [4.78, 5) is 2.32. The Morgan fingerprint density at radius 2 is 1.88 bits per heavy atom. The SMILES string of the molecule is Cc1ccc(C(N(C)C)C2(CN)CC2)cc1C. The number of nitrogens with zero attached hydrogens (tertiary/aromatic N) is 1. The molecule has 1 atom stereocenters. The summed E-state index contributed by atoms with van der Waals surface area (Å²) in [5.74, 6) is 0. The maximum atomic E-state index is 5.99. The molecule has 0 aliphatic heterocycles. The van der Waals surface area contributed by atoms with Crippen molar-refractivity contribution in [3.8, 4) is 0 Å². The second-order valence-electron chi connectivity index (χ2n) is 5.78. The molecule has 17 heavy (non-hydrogen) atoms. The number of aryl methyl sites for hydroxylation is 2. The summed E-state index contributed by atoms with van der Waals surface area (Å²) in [7, 11) is 4.32. The minimum atomic E-state index is 0.325. The summed E-state index contributed by atoms with van der Waals surface area (Å²) < 4.78 is 0. The third-order valence-corrected chi connectivity index (χ3v) is 4.24. The topological polar surface area (TPSA) is 29.3 Å². The maximum absolute atomic E-state index is 5.99. The van der Waals surface area contributed by atoms with E-state index in [0.717, 1.165) is 6.54 Å². The molecule has 1 fully saturated rings. The van der Waals surface area contributed by atoms with E-state index in [0.29, 0.717) is 11.5 Å². The molecule has 2 heteroatoms. The normalized spacial score (nSPS) is 19.4. The predicted molar refractivity (Wildman–Crippen MR) is 73.1 cm³/mol. The minimum Gasteiger partial charge on any atom is -0.330 e. The molecule has 2 rings (SSSR count). The van der Waals surface area contributed by atoms with Crippen LogP contribution in [0.3, 0.4) is 0 Å². The average molecular weight is 232 g/mol. The van der Waals surface area contributed by atoms with Gasteiger partial charge in [0.1, 0.15) is 0 Å². The Hall–Kier alpha value is -0.860. The number of rotatable bonds is 4. The van der Waals surface area contributed by atoms with E-state index in [-0.39, 0.29) is 0 Å². The molecule has 1 unspecified atom stereocenters. The van der Waals surface area contributed by atoms with Crippen molar-refractivity contribution in [2.75, 3.05) is 20.6 Å². The van der Waals surface area contributed by atoms with E-state index >= 15 is 0 Å². The van der Waals surface area contributed by atoms with Crippen LogP contribution in [0.5, 0.6) is 0 Å². The van der Waals surface area contributed by atoms with E-state index in [4.69, 9.17) is 5.73 Å². The summed E-state index contributed by atoms with van der Waals surface area (Å²) in [6.45, 7) is 5.15. The van der Waals surface area contributed by atoms with Gasteiger partial charge in [-0.15, -0.1) is 0 Å². The Morgan fingerprint density at radius 3 is 2.29 bits per heavy atom. The zero-order valence-electron chi connectivity index (χ0n) is 11.5. The van der Waals surface area contributed by atoms with Crippen LogP contribution >= 0.6 is 0 Å². The summed E-state index contributed by atoms with van der Waals surface area (Å²) in [6, 6.07) is 7.29. The first-order chi connectivity index (χ1) is 8.00. The van der Waals surface area contributed by atoms with Crippen molar-refractivity contribution in [1.29, 1.82) is 0 Å². The molecule has 0 aromatic heterocycles. The first-order valence-corrected chi connectivity index (χ1v) is 6.44. The summed E-state index contributed by atoms with van der Waals surface area (Å²) in [5.41, 5.74) is 10.5. The van der Waals surface area contributed by atoms with Crippen LogP contribution in [0.4, 0.5) is 0 Å². The number of benzene rings is 1. The molecule has 1 saturated carbocycles. The molecule has 1 aliphatic carbocycles. The van der Waals surface area contributed by atoms with Crippen molar-refractivity contribution in [1.82, 2.24) is 4.90 Å². The molecule has 2 nitrogen and oxygen atoms in total. The van der Waals surface area contributed by atoms with E-state index in [2.05, 4.69) is 51.0 Å². The second kappa shape index (κ2) is 4.43. The van der Waals surface area contributed by atoms with Gasteiger partial charge in [-0.05, 0) is 64.0 Å². The highest BCUT2D eigenvalue weighted by atomic mass is 15.1. The summed E-state index contributed by atoms with van der Waals surface area (Å²) in [5, 5.41) is 0. The molecule has 1 aliphatic rings. The Kier molecular flexibility index (Phi) is 3.28. The van der Waals surface area contributed by atoms with E-state index in [1.54, 1.807) is 0 Å². The van der Waals surface area contributed by atoms with Crippen molar-refractivity contribution in [3.05, 3.63) is 34.9 Å². The van der Waals surface area contributed by atoms with Gasteiger partial charge in [0.15, 0.2) is 0 Å². The van der Waals surface area contributed by atoms with Crippen LogP contribution in [0, 0.1) is 19.3 Å². The predicted octanol–water partition coefficient (Wildman–Crippen LogP) is 2.65. The van der Waals surface area contributed by atoms with Crippen molar-refractivity contribution >= 4 is 0 Å². The fourth-order valence-corrected chi connectivity index (χ4v) is 2.88. The van der Waals surface area contributed by atoms with Crippen LogP contribution < -0.4 is 5.73 Å². The molecule has 1 aromatic carbocycles. The van der Waals surface area contributed by atoms with Crippen molar-refractivity contribution in [2.24, 2.45) is 11.1 Å². The Morgan fingerprint density at radius 1 is 1.24 bits per heavy atom. The van der Waals surface area contributed by atoms with Crippen LogP contribution in [0.2, 0.25) is 0 Å². The standard InChI is InChI=1S/C15H24N2/c1-11-5-6-13(9-12(11)2)14(17(3)4)15(10-16)7-8-15/h5-6,9,14H,7-8,10,16H2,1-4H3. The van der Waals surface area contributed by atoms with Gasteiger partial charge < -0.3 is 10.6 Å². The molecule has 0 heterocycles. The van der Waals surface area contributed by atoms with Crippen LogP contribution in [-0.4, -0.2) is 25.5 Å². The van der Waals surface area contributed by atoms with Crippen LogP contribution in [0.1, 0.15) is 35.6 Å². The largest absolute Gasteiger partial charge is 0.330 e. The molecule has 0 spiro atoms. The minimum absolute atomic E-state index is 0.325. The Labute approximate surface area is 105 Å². The molecule has 2 N–H and O–H groups in total. The van der Waals surface area contributed by atoms with Gasteiger partial charge in [-0.25, -0.2) is 0 Å². The molecule has 1 aromatic rings. The van der Waals surface area contributed by atoms with E-state index in [1.165, 1.54) is 29.5 Å². The molecular formula is C15H24N2. The number of nitrogens with two attached hydrogens (primary N) is 1. The first kappa shape index (κ1) is 12.6. The first-order valence-electron chi connectivity index (χ1n) is 6.44. The van der Waals surface area contributed by atoms with Crippen molar-refractivity contribution in [2.45, 2.75) is 32.7 Å². The van der Waals surface area contributed by atoms with Gasteiger partial charge in [0.2, 0.25) is 0 Å². The van der Waals surface area contributed by atoms with Gasteiger partial charge in [0.05, 0.1) is 0 Å². The molecular weight excluding hydrogens is 208 g/mol. The molecule has 94 valence electrons. The van der Waals surface area contributed by atoms with Gasteiger partial charge in [-0.3, -0.25) is 0 Å². The second-order valence-corrected chi connectivity index (χ2v) is 5.78. The van der Waals surface area contributed by atoms with Crippen LogP contribution in [0.15, 0.2) is 18.2 Å². The Balaban J connectivity index is 2.36. The van der Waals surface area contributed by atoms with Crippen molar-refractivity contribution < 1.29 is 0 Å². The fraction of sp³-hybridized carbons (Fsp3) is 0.600. The molecule has 0 saturated heterocycles. The van der Waals surface area contributed by atoms with Gasteiger partial charge in [-0.1, -0.05) is 18.2 Å². The highest BCUT2D eigenvalue weighted by Gasteiger charge is 2.49. The maximum Gasteiger partial charge on any atom is 0.0410 e. The molecule has 0 amide bonds. The lowest BCUT2D eigenvalue weighted by Gasteiger charge is -2.32. The van der Waals surface area contributed by atoms with Crippen LogP contribution in [0.25, 0.3) is 0 Å². The third-order valence-electron chi connectivity index (χ3n) is 4.24. The molecule has 0 bridgehead atoms. The van der Waals surface area contributed by atoms with E-state index in [9.17, 15) is 0 Å². The van der Waals surface area contributed by atoms with E-state index in [1.807, 2.05) is 0 Å². The highest BCUT2D eigenvalue weighted by molar-refractivity contribution is 5.33. The number of hydrogen-bond donors (Lipinski definition) is 1. The zero-order chi connectivity index (χ0) is 12.6. The average Bonchev–Trinajstić information content (AvgIpc) is 3.04. The van der Waals surface area contributed by atoms with Gasteiger partial charge in [-0.2, -0.15) is 0 Å². The highest BCUT2D eigenvalue weighted by Crippen LogP contribution is 2.56.